The van der Waals surface area contributed by atoms with Crippen molar-refractivity contribution in [3.8, 4) is 0 Å². The molecule has 186 valence electrons. The second kappa shape index (κ2) is 8.90. The summed E-state index contributed by atoms with van der Waals surface area (Å²) in [6.07, 6.45) is -0.0589. The molecule has 4 atom stereocenters. The van der Waals surface area contributed by atoms with Gasteiger partial charge in [0.2, 0.25) is 5.72 Å². The average molecular weight is 489 g/mol. The van der Waals surface area contributed by atoms with Crippen LogP contribution in [-0.4, -0.2) is 49.8 Å². The molecule has 1 saturated heterocycles. The zero-order valence-corrected chi connectivity index (χ0v) is 19.1. The fourth-order valence-electron chi connectivity index (χ4n) is 4.78. The number of rotatable bonds is 6. The zero-order chi connectivity index (χ0) is 24.8. The first kappa shape index (κ1) is 23.7. The maximum Gasteiger partial charge on any atom is 0.408 e. The molecule has 0 saturated carbocycles. The van der Waals surface area contributed by atoms with Gasteiger partial charge in [-0.15, -0.1) is 10.2 Å². The third-order valence-corrected chi connectivity index (χ3v) is 6.51. The van der Waals surface area contributed by atoms with E-state index in [1.54, 1.807) is 13.0 Å². The lowest BCUT2D eigenvalue weighted by atomic mass is 10.0. The van der Waals surface area contributed by atoms with Gasteiger partial charge in [0.1, 0.15) is 6.04 Å². The summed E-state index contributed by atoms with van der Waals surface area (Å²) in [5, 5.41) is 22.1. The largest absolute Gasteiger partial charge is 0.408 e. The molecule has 0 radical (unpaired) electrons. The Hall–Kier alpha value is -2.99. The molecule has 1 aromatic carbocycles. The van der Waals surface area contributed by atoms with Crippen molar-refractivity contribution in [2.75, 3.05) is 11.9 Å². The molecule has 2 aliphatic rings. The molecule has 4 heterocycles. The number of aliphatic hydroxyl groups excluding tert-OH is 1. The van der Waals surface area contributed by atoms with Gasteiger partial charge in [0.15, 0.2) is 17.8 Å². The summed E-state index contributed by atoms with van der Waals surface area (Å²) in [6, 6.07) is 8.53. The minimum atomic E-state index is -4.53. The number of alkyl halides is 3. The first-order chi connectivity index (χ1) is 16.7. The molecule has 3 aromatic rings. The van der Waals surface area contributed by atoms with Crippen LogP contribution in [0.2, 0.25) is 0 Å². The van der Waals surface area contributed by atoms with Crippen molar-refractivity contribution < 1.29 is 23.0 Å². The first-order valence-electron chi connectivity index (χ1n) is 11.6. The highest BCUT2D eigenvalue weighted by molar-refractivity contribution is 5.72. The second-order valence-electron chi connectivity index (χ2n) is 8.87. The van der Waals surface area contributed by atoms with Gasteiger partial charge in [-0.3, -0.25) is 9.30 Å². The number of nitrogens with two attached hydrogens (primary N) is 1. The molecule has 4 N–H and O–H groups in total. The predicted molar refractivity (Wildman–Crippen MR) is 124 cm³/mol. The van der Waals surface area contributed by atoms with Crippen LogP contribution in [0.4, 0.5) is 18.9 Å². The number of aliphatic hydroxyl groups is 1. The van der Waals surface area contributed by atoms with Crippen LogP contribution >= 0.6 is 0 Å². The fourth-order valence-corrected chi connectivity index (χ4v) is 4.78. The van der Waals surface area contributed by atoms with Crippen molar-refractivity contribution in [3.63, 3.8) is 0 Å². The summed E-state index contributed by atoms with van der Waals surface area (Å²) in [5.74, 6) is 0.194. The number of para-hydroxylation sites is 1. The zero-order valence-electron chi connectivity index (χ0n) is 19.1. The van der Waals surface area contributed by atoms with Crippen LogP contribution in [0.25, 0.3) is 11.7 Å². The van der Waals surface area contributed by atoms with E-state index < -0.39 is 30.4 Å². The molecule has 0 bridgehead atoms. The Kier molecular flexibility index (Phi) is 6.04. The van der Waals surface area contributed by atoms with Crippen molar-refractivity contribution >= 4 is 17.4 Å². The van der Waals surface area contributed by atoms with Gasteiger partial charge >= 0.3 is 6.18 Å². The predicted octanol–water partition coefficient (Wildman–Crippen LogP) is 3.75. The number of benzene rings is 1. The van der Waals surface area contributed by atoms with E-state index in [4.69, 9.17) is 10.5 Å². The van der Waals surface area contributed by atoms with Gasteiger partial charge < -0.3 is 20.9 Å². The van der Waals surface area contributed by atoms with E-state index in [0.29, 0.717) is 24.9 Å². The summed E-state index contributed by atoms with van der Waals surface area (Å²) in [5.41, 5.74) is 6.55. The Morgan fingerprint density at radius 3 is 2.77 bits per heavy atom. The Bertz CT molecular complexity index is 1250. The van der Waals surface area contributed by atoms with Crippen LogP contribution in [0.5, 0.6) is 0 Å². The number of ether oxygens (including phenoxy) is 1. The van der Waals surface area contributed by atoms with Crippen LogP contribution < -0.4 is 11.1 Å². The Labute approximate surface area is 200 Å². The first-order valence-corrected chi connectivity index (χ1v) is 11.6. The lowest BCUT2D eigenvalue weighted by Crippen LogP contribution is -2.45. The lowest BCUT2D eigenvalue weighted by molar-refractivity contribution is -0.188. The van der Waals surface area contributed by atoms with Crippen LogP contribution in [0, 0.1) is 0 Å². The molecular formula is C24H27F3N6O2. The number of fused-ring (bicyclic) bond motifs is 2. The number of likely N-dealkylation sites (tertiary alicyclic amines) is 1. The topological polar surface area (TPSA) is 101 Å². The van der Waals surface area contributed by atoms with Crippen LogP contribution in [0.1, 0.15) is 49.2 Å². The molecule has 0 spiro atoms. The molecule has 35 heavy (non-hydrogen) atoms. The number of pyridine rings is 1. The van der Waals surface area contributed by atoms with Gasteiger partial charge in [-0.1, -0.05) is 37.3 Å². The monoisotopic (exact) mass is 488 g/mol. The quantitative estimate of drug-likeness (QED) is 0.455. The van der Waals surface area contributed by atoms with Crippen LogP contribution in [-0.2, 0) is 10.5 Å². The molecule has 1 fully saturated rings. The average Bonchev–Trinajstić information content (AvgIpc) is 3.44. The van der Waals surface area contributed by atoms with Gasteiger partial charge in [0, 0.05) is 18.4 Å². The van der Waals surface area contributed by atoms with Crippen LogP contribution in [0.15, 0.2) is 48.7 Å². The molecule has 0 amide bonds. The SMILES string of the molecule is CC[C@H](O)OC1(c2nnc3ccc([C@@H](N4CCC[C@H]4N)C(F)(F)F)cn23)C=Cc2ccccc2N1. The number of hydrogen-bond acceptors (Lipinski definition) is 7. The summed E-state index contributed by atoms with van der Waals surface area (Å²) < 4.78 is 50.2. The highest BCUT2D eigenvalue weighted by Crippen LogP contribution is 2.41. The summed E-state index contributed by atoms with van der Waals surface area (Å²) in [6.45, 7) is 2.02. The number of nitrogens with one attached hydrogen (secondary N) is 1. The van der Waals surface area contributed by atoms with Gasteiger partial charge in [0.25, 0.3) is 0 Å². The molecule has 1 unspecified atom stereocenters. The van der Waals surface area contributed by atoms with Crippen LogP contribution in [0.3, 0.4) is 0 Å². The van der Waals surface area contributed by atoms with Crippen molar-refractivity contribution in [2.45, 2.75) is 56.6 Å². The third-order valence-electron chi connectivity index (χ3n) is 6.51. The highest BCUT2D eigenvalue weighted by atomic mass is 19.4. The van der Waals surface area contributed by atoms with Gasteiger partial charge in [-0.2, -0.15) is 13.2 Å². The Morgan fingerprint density at radius 2 is 2.06 bits per heavy atom. The molecule has 2 aliphatic heterocycles. The molecule has 0 aliphatic carbocycles. The number of aromatic nitrogens is 3. The third kappa shape index (κ3) is 4.29. The number of nitrogens with zero attached hydrogens (tertiary/aromatic N) is 4. The van der Waals surface area contributed by atoms with Crippen molar-refractivity contribution in [3.05, 3.63) is 65.6 Å². The van der Waals surface area contributed by atoms with Crippen molar-refractivity contribution in [2.24, 2.45) is 5.73 Å². The second-order valence-corrected chi connectivity index (χ2v) is 8.87. The Balaban J connectivity index is 1.63. The number of halogens is 3. The fraction of sp³-hybridized carbons (Fsp3) is 0.417. The molecule has 2 aromatic heterocycles. The minimum Gasteiger partial charge on any atom is -0.368 e. The van der Waals surface area contributed by atoms with E-state index in [2.05, 4.69) is 15.5 Å². The minimum absolute atomic E-state index is 0.0229. The maximum atomic E-state index is 14.3. The van der Waals surface area contributed by atoms with E-state index >= 15 is 0 Å². The highest BCUT2D eigenvalue weighted by Gasteiger charge is 2.48. The standard InChI is InChI=1S/C24H27F3N6O2/c1-2-20(34)35-23(12-11-15-6-3-4-7-17(15)29-23)22-31-30-19-10-9-16(14-33(19)22)21(24(25,26)27)32-13-5-8-18(32)28/h3-4,6-7,9-12,14,18,20-21,29,34H,2,5,8,13,28H2,1H3/t18-,20+,21+,23?/m0/s1. The molecular weight excluding hydrogens is 461 g/mol. The van der Waals surface area contributed by atoms with E-state index in [9.17, 15) is 18.3 Å². The summed E-state index contributed by atoms with van der Waals surface area (Å²) >= 11 is 0. The summed E-state index contributed by atoms with van der Waals surface area (Å²) in [7, 11) is 0. The molecule has 8 nitrogen and oxygen atoms in total. The lowest BCUT2D eigenvalue weighted by Gasteiger charge is -2.36. The van der Waals surface area contributed by atoms with E-state index in [0.717, 1.165) is 11.3 Å². The van der Waals surface area contributed by atoms with Crippen molar-refractivity contribution in [1.82, 2.24) is 19.5 Å². The maximum absolute atomic E-state index is 14.3. The molecule has 5 rings (SSSR count). The number of hydrogen-bond donors (Lipinski definition) is 3. The van der Waals surface area contributed by atoms with Gasteiger partial charge in [-0.05, 0) is 48.6 Å². The van der Waals surface area contributed by atoms with Gasteiger partial charge in [0.05, 0.1) is 6.17 Å². The summed E-state index contributed by atoms with van der Waals surface area (Å²) in [4.78, 5) is 1.29. The van der Waals surface area contributed by atoms with E-state index in [1.807, 2.05) is 30.3 Å². The van der Waals surface area contributed by atoms with Gasteiger partial charge in [-0.25, -0.2) is 0 Å². The van der Waals surface area contributed by atoms with E-state index in [1.165, 1.54) is 27.6 Å². The van der Waals surface area contributed by atoms with Crippen molar-refractivity contribution in [1.29, 1.82) is 0 Å². The van der Waals surface area contributed by atoms with E-state index in [-0.39, 0.29) is 17.9 Å². The normalized spacial score (nSPS) is 24.3. The Morgan fingerprint density at radius 1 is 1.26 bits per heavy atom. The molecule has 11 heteroatoms. The number of anilines is 1. The smallest absolute Gasteiger partial charge is 0.368 e.